The van der Waals surface area contributed by atoms with Gasteiger partial charge in [0.2, 0.25) is 0 Å². The van der Waals surface area contributed by atoms with Crippen molar-refractivity contribution in [2.24, 2.45) is 0 Å². The number of ether oxygens (including phenoxy) is 1. The number of aryl methyl sites for hydroxylation is 1. The highest BCUT2D eigenvalue weighted by atomic mass is 35.7. The van der Waals surface area contributed by atoms with Gasteiger partial charge in [0.05, 0.1) is 13.2 Å². The fraction of sp³-hybridized carbons (Fsp3) is 0.286. The minimum atomic E-state index is -1.74. The first-order valence-electron chi connectivity index (χ1n) is 3.33. The first kappa shape index (κ1) is 10.4. The van der Waals surface area contributed by atoms with Crippen molar-refractivity contribution < 1.29 is 18.5 Å². The van der Waals surface area contributed by atoms with Crippen LogP contribution in [-0.4, -0.2) is 17.6 Å². The van der Waals surface area contributed by atoms with E-state index in [1.165, 1.54) is 13.2 Å². The molecule has 6 heteroatoms. The summed E-state index contributed by atoms with van der Waals surface area (Å²) in [5, 5.41) is 0.0552. The average molecular weight is 223 g/mol. The van der Waals surface area contributed by atoms with Crippen LogP contribution in [0.4, 0.5) is 0 Å². The molecule has 1 unspecified atom stereocenters. The fourth-order valence-corrected chi connectivity index (χ4v) is 1.48. The van der Waals surface area contributed by atoms with Crippen molar-refractivity contribution in [2.75, 3.05) is 7.11 Å². The number of hydrogen-bond acceptors (Lipinski definition) is 4. The van der Waals surface area contributed by atoms with Crippen molar-refractivity contribution >= 4 is 27.0 Å². The molecule has 13 heavy (non-hydrogen) atoms. The standard InChI is InChI=1S/C7H7ClO4S/c1-4-5(7(9)11-2)3-6(12-4)13(8)10/h3H,1-2H3. The lowest BCUT2D eigenvalue weighted by Crippen LogP contribution is -2.00. The molecule has 0 saturated carbocycles. The van der Waals surface area contributed by atoms with E-state index in [0.717, 1.165) is 0 Å². The molecule has 0 aromatic carbocycles. The zero-order valence-electron chi connectivity index (χ0n) is 7.00. The SMILES string of the molecule is COC(=O)c1cc([S+]([O-])Cl)oc1C. The molecule has 0 aliphatic rings. The van der Waals surface area contributed by atoms with Gasteiger partial charge < -0.3 is 13.7 Å². The molecule has 72 valence electrons. The Morgan fingerprint density at radius 3 is 2.77 bits per heavy atom. The lowest BCUT2D eigenvalue weighted by Gasteiger charge is -1.92. The van der Waals surface area contributed by atoms with E-state index in [4.69, 9.17) is 15.1 Å². The normalized spacial score (nSPS) is 12.6. The summed E-state index contributed by atoms with van der Waals surface area (Å²) >= 11 is 0. The van der Waals surface area contributed by atoms with Gasteiger partial charge in [0.1, 0.15) is 21.7 Å². The van der Waals surface area contributed by atoms with Crippen LogP contribution in [0.1, 0.15) is 16.1 Å². The smallest absolute Gasteiger partial charge is 0.341 e. The van der Waals surface area contributed by atoms with Gasteiger partial charge in [-0.2, -0.15) is 0 Å². The molecule has 1 aromatic heterocycles. The average Bonchev–Trinajstić information content (AvgIpc) is 2.46. The second-order valence-electron chi connectivity index (χ2n) is 2.25. The van der Waals surface area contributed by atoms with Crippen molar-refractivity contribution in [1.82, 2.24) is 0 Å². The minimum absolute atomic E-state index is 0.0552. The van der Waals surface area contributed by atoms with E-state index in [-0.39, 0.29) is 10.7 Å². The first-order valence-corrected chi connectivity index (χ1v) is 5.30. The van der Waals surface area contributed by atoms with E-state index in [0.29, 0.717) is 5.76 Å². The van der Waals surface area contributed by atoms with Crippen LogP contribution < -0.4 is 0 Å². The summed E-state index contributed by atoms with van der Waals surface area (Å²) in [6, 6.07) is 1.31. The van der Waals surface area contributed by atoms with E-state index >= 15 is 0 Å². The van der Waals surface area contributed by atoms with Crippen LogP contribution in [0.15, 0.2) is 15.6 Å². The molecule has 0 aliphatic carbocycles. The van der Waals surface area contributed by atoms with Crippen LogP contribution in [-0.2, 0) is 15.1 Å². The number of hydrogen-bond donors (Lipinski definition) is 0. The van der Waals surface area contributed by atoms with Crippen LogP contribution >= 0.6 is 10.7 Å². The van der Waals surface area contributed by atoms with Gasteiger partial charge in [-0.3, -0.25) is 0 Å². The predicted molar refractivity (Wildman–Crippen MR) is 47.0 cm³/mol. The number of furan rings is 1. The van der Waals surface area contributed by atoms with Crippen LogP contribution in [0, 0.1) is 6.92 Å². The van der Waals surface area contributed by atoms with Crippen molar-refractivity contribution in [3.8, 4) is 0 Å². The Hall–Kier alpha value is -0.650. The summed E-state index contributed by atoms with van der Waals surface area (Å²) in [5.74, 6) is -0.189. The number of carbonyl (C=O) groups is 1. The third-order valence-electron chi connectivity index (χ3n) is 1.46. The maximum absolute atomic E-state index is 11.0. The molecule has 1 aromatic rings. The fourth-order valence-electron chi connectivity index (χ4n) is 0.847. The molecule has 0 amide bonds. The number of carbonyl (C=O) groups excluding carboxylic acids is 1. The second-order valence-corrected chi connectivity index (χ2v) is 3.94. The van der Waals surface area contributed by atoms with Gasteiger partial charge >= 0.3 is 11.1 Å². The topological polar surface area (TPSA) is 62.5 Å². The largest absolute Gasteiger partial charge is 0.592 e. The summed E-state index contributed by atoms with van der Waals surface area (Å²) in [7, 11) is 4.78. The van der Waals surface area contributed by atoms with Crippen LogP contribution in [0.25, 0.3) is 0 Å². The monoisotopic (exact) mass is 222 g/mol. The van der Waals surface area contributed by atoms with Gasteiger partial charge in [0.25, 0.3) is 0 Å². The summed E-state index contributed by atoms with van der Waals surface area (Å²) in [5.41, 5.74) is 0.242. The number of halogens is 1. The van der Waals surface area contributed by atoms with Crippen LogP contribution in [0.3, 0.4) is 0 Å². The van der Waals surface area contributed by atoms with Gasteiger partial charge in [-0.25, -0.2) is 4.79 Å². The number of methoxy groups -OCH3 is 1. The Labute approximate surface area is 82.5 Å². The summed E-state index contributed by atoms with van der Waals surface area (Å²) in [6.45, 7) is 1.57. The van der Waals surface area contributed by atoms with Crippen molar-refractivity contribution in [1.29, 1.82) is 0 Å². The highest BCUT2D eigenvalue weighted by molar-refractivity contribution is 8.13. The van der Waals surface area contributed by atoms with Gasteiger partial charge in [-0.05, 0) is 6.92 Å². The molecule has 0 radical (unpaired) electrons. The lowest BCUT2D eigenvalue weighted by molar-refractivity contribution is 0.0599. The number of rotatable bonds is 2. The predicted octanol–water partition coefficient (Wildman–Crippen LogP) is 1.64. The minimum Gasteiger partial charge on any atom is -0.592 e. The Bertz CT molecular complexity index is 320. The van der Waals surface area contributed by atoms with Crippen LogP contribution in [0.5, 0.6) is 0 Å². The zero-order valence-corrected chi connectivity index (χ0v) is 8.57. The molecule has 1 atom stereocenters. The highest BCUT2D eigenvalue weighted by Gasteiger charge is 2.21. The van der Waals surface area contributed by atoms with E-state index in [2.05, 4.69) is 4.74 Å². The van der Waals surface area contributed by atoms with E-state index in [9.17, 15) is 9.35 Å². The van der Waals surface area contributed by atoms with Crippen molar-refractivity contribution in [2.45, 2.75) is 12.0 Å². The molecule has 0 saturated heterocycles. The highest BCUT2D eigenvalue weighted by Crippen LogP contribution is 2.22. The summed E-state index contributed by atoms with van der Waals surface area (Å²) in [4.78, 5) is 11.0. The Kier molecular flexibility index (Phi) is 3.24. The van der Waals surface area contributed by atoms with E-state index in [1.54, 1.807) is 6.92 Å². The molecule has 4 nitrogen and oxygen atoms in total. The Balaban J connectivity index is 3.03. The summed E-state index contributed by atoms with van der Waals surface area (Å²) in [6.07, 6.45) is 0. The molecule has 0 fully saturated rings. The third-order valence-corrected chi connectivity index (χ3v) is 2.43. The van der Waals surface area contributed by atoms with Crippen molar-refractivity contribution in [3.05, 3.63) is 17.4 Å². The zero-order chi connectivity index (χ0) is 10.0. The quantitative estimate of drug-likeness (QED) is 0.564. The van der Waals surface area contributed by atoms with E-state index < -0.39 is 16.4 Å². The maximum Gasteiger partial charge on any atom is 0.341 e. The Morgan fingerprint density at radius 2 is 2.38 bits per heavy atom. The molecular formula is C7H7ClO4S. The second kappa shape index (κ2) is 4.04. The molecule has 1 rings (SSSR count). The molecule has 0 N–H and O–H groups in total. The summed E-state index contributed by atoms with van der Waals surface area (Å²) < 4.78 is 20.2. The molecular weight excluding hydrogens is 216 g/mol. The molecule has 1 heterocycles. The molecule has 0 bridgehead atoms. The van der Waals surface area contributed by atoms with Gasteiger partial charge in [-0.1, -0.05) is 0 Å². The van der Waals surface area contributed by atoms with Crippen LogP contribution in [0.2, 0.25) is 0 Å². The lowest BCUT2D eigenvalue weighted by atomic mass is 10.3. The third kappa shape index (κ3) is 2.18. The maximum atomic E-state index is 11.0. The number of esters is 1. The Morgan fingerprint density at radius 1 is 1.77 bits per heavy atom. The van der Waals surface area contributed by atoms with Gasteiger partial charge in [0.15, 0.2) is 10.7 Å². The van der Waals surface area contributed by atoms with Gasteiger partial charge in [0, 0.05) is 0 Å². The van der Waals surface area contributed by atoms with Gasteiger partial charge in [-0.15, -0.1) is 0 Å². The first-order chi connectivity index (χ1) is 6.06. The molecule has 0 aliphatic heterocycles. The van der Waals surface area contributed by atoms with E-state index in [1.807, 2.05) is 0 Å². The van der Waals surface area contributed by atoms with Crippen molar-refractivity contribution in [3.63, 3.8) is 0 Å². The molecule has 0 spiro atoms.